The maximum Gasteiger partial charge on any atom is 0.271 e. The van der Waals surface area contributed by atoms with Crippen molar-refractivity contribution in [1.29, 1.82) is 0 Å². The van der Waals surface area contributed by atoms with E-state index in [1.54, 1.807) is 0 Å². The number of rotatable bonds is 2. The summed E-state index contributed by atoms with van der Waals surface area (Å²) in [6, 6.07) is 14.1. The lowest BCUT2D eigenvalue weighted by Gasteiger charge is -2.36. The highest BCUT2D eigenvalue weighted by Gasteiger charge is 2.29. The van der Waals surface area contributed by atoms with E-state index < -0.39 is 0 Å². The van der Waals surface area contributed by atoms with E-state index in [1.807, 2.05) is 53.0 Å². The Labute approximate surface area is 119 Å². The predicted molar refractivity (Wildman–Crippen MR) is 78.5 cm³/mol. The summed E-state index contributed by atoms with van der Waals surface area (Å²) in [5.41, 5.74) is 1.93. The van der Waals surface area contributed by atoms with E-state index in [9.17, 15) is 4.79 Å². The summed E-state index contributed by atoms with van der Waals surface area (Å²) >= 11 is 0. The maximum absolute atomic E-state index is 12.7. The lowest BCUT2D eigenvalue weighted by molar-refractivity contribution is 0.0624. The number of hydrogen-bond acceptors (Lipinski definition) is 2. The number of piperazine rings is 1. The second-order valence-corrected chi connectivity index (χ2v) is 5.13. The molecule has 2 aromatic rings. The molecule has 20 heavy (non-hydrogen) atoms. The van der Waals surface area contributed by atoms with Gasteiger partial charge in [-0.15, -0.1) is 0 Å². The average Bonchev–Trinajstić information content (AvgIpc) is 2.93. The van der Waals surface area contributed by atoms with Crippen molar-refractivity contribution in [3.63, 3.8) is 0 Å². The molecule has 1 fully saturated rings. The van der Waals surface area contributed by atoms with E-state index in [1.165, 1.54) is 5.56 Å². The van der Waals surface area contributed by atoms with Crippen molar-refractivity contribution in [2.45, 2.75) is 6.04 Å². The first-order chi connectivity index (χ1) is 9.77. The topological polar surface area (TPSA) is 37.3 Å². The van der Waals surface area contributed by atoms with Gasteiger partial charge in [-0.05, 0) is 17.7 Å². The molecule has 1 atom stereocenters. The Kier molecular flexibility index (Phi) is 3.56. The first-order valence-corrected chi connectivity index (χ1v) is 6.95. The Morgan fingerprint density at radius 1 is 1.20 bits per heavy atom. The van der Waals surface area contributed by atoms with E-state index in [0.29, 0.717) is 0 Å². The van der Waals surface area contributed by atoms with Crippen LogP contribution in [0.25, 0.3) is 0 Å². The molecule has 2 heterocycles. The van der Waals surface area contributed by atoms with Gasteiger partial charge < -0.3 is 14.8 Å². The first kappa shape index (κ1) is 12.9. The highest BCUT2D eigenvalue weighted by molar-refractivity contribution is 5.93. The van der Waals surface area contributed by atoms with Crippen LogP contribution in [0.1, 0.15) is 22.1 Å². The monoisotopic (exact) mass is 269 g/mol. The molecule has 1 N–H and O–H groups in total. The van der Waals surface area contributed by atoms with Gasteiger partial charge in [0.05, 0.1) is 6.04 Å². The molecular formula is C16H19N3O. The molecule has 1 amide bonds. The van der Waals surface area contributed by atoms with Crippen molar-refractivity contribution in [2.24, 2.45) is 7.05 Å². The minimum Gasteiger partial charge on any atom is -0.347 e. The number of nitrogens with one attached hydrogen (secondary N) is 1. The standard InChI is InChI=1S/C16H19N3O/c1-18-10-5-8-14(18)16(20)19-11-9-17-12-15(19)13-6-3-2-4-7-13/h2-8,10,15,17H,9,11-12H2,1H3/t15-/m1/s1. The van der Waals surface area contributed by atoms with Crippen molar-refractivity contribution in [1.82, 2.24) is 14.8 Å². The van der Waals surface area contributed by atoms with E-state index >= 15 is 0 Å². The third-order valence-electron chi connectivity index (χ3n) is 3.85. The van der Waals surface area contributed by atoms with Gasteiger partial charge in [0.2, 0.25) is 0 Å². The fraction of sp³-hybridized carbons (Fsp3) is 0.312. The normalized spacial score (nSPS) is 19.1. The van der Waals surface area contributed by atoms with Crippen LogP contribution in [0.2, 0.25) is 0 Å². The zero-order valence-electron chi connectivity index (χ0n) is 11.6. The second kappa shape index (κ2) is 5.51. The van der Waals surface area contributed by atoms with Crippen LogP contribution in [0.4, 0.5) is 0 Å². The van der Waals surface area contributed by atoms with Gasteiger partial charge in [0.15, 0.2) is 0 Å². The summed E-state index contributed by atoms with van der Waals surface area (Å²) in [5.74, 6) is 0.104. The average molecular weight is 269 g/mol. The summed E-state index contributed by atoms with van der Waals surface area (Å²) < 4.78 is 1.88. The van der Waals surface area contributed by atoms with Gasteiger partial charge in [0.1, 0.15) is 5.69 Å². The number of benzene rings is 1. The van der Waals surface area contributed by atoms with Crippen molar-refractivity contribution >= 4 is 5.91 Å². The predicted octanol–water partition coefficient (Wildman–Crippen LogP) is 1.81. The minimum atomic E-state index is 0.104. The second-order valence-electron chi connectivity index (χ2n) is 5.13. The summed E-state index contributed by atoms with van der Waals surface area (Å²) in [6.45, 7) is 2.39. The van der Waals surface area contributed by atoms with Gasteiger partial charge in [-0.3, -0.25) is 4.79 Å². The molecule has 1 aliphatic heterocycles. The molecule has 0 saturated carbocycles. The van der Waals surface area contributed by atoms with Crippen LogP contribution in [-0.4, -0.2) is 35.0 Å². The van der Waals surface area contributed by atoms with E-state index in [2.05, 4.69) is 17.4 Å². The van der Waals surface area contributed by atoms with Crippen molar-refractivity contribution < 1.29 is 4.79 Å². The van der Waals surface area contributed by atoms with Gasteiger partial charge in [0, 0.05) is 32.9 Å². The Morgan fingerprint density at radius 2 is 2.00 bits per heavy atom. The molecule has 1 aromatic carbocycles. The van der Waals surface area contributed by atoms with Crippen LogP contribution in [0.3, 0.4) is 0 Å². The number of hydrogen-bond donors (Lipinski definition) is 1. The van der Waals surface area contributed by atoms with Crippen molar-refractivity contribution in [3.8, 4) is 0 Å². The highest BCUT2D eigenvalue weighted by atomic mass is 16.2. The number of nitrogens with zero attached hydrogens (tertiary/aromatic N) is 2. The SMILES string of the molecule is Cn1cccc1C(=O)N1CCNC[C@@H]1c1ccccc1. The highest BCUT2D eigenvalue weighted by Crippen LogP contribution is 2.23. The molecule has 0 bridgehead atoms. The first-order valence-electron chi connectivity index (χ1n) is 6.95. The summed E-state index contributed by atoms with van der Waals surface area (Å²) in [5, 5.41) is 3.38. The Morgan fingerprint density at radius 3 is 2.70 bits per heavy atom. The number of carbonyl (C=O) groups is 1. The van der Waals surface area contributed by atoms with Crippen LogP contribution >= 0.6 is 0 Å². The van der Waals surface area contributed by atoms with Gasteiger partial charge in [-0.1, -0.05) is 30.3 Å². The quantitative estimate of drug-likeness (QED) is 0.903. The van der Waals surface area contributed by atoms with Crippen molar-refractivity contribution in [3.05, 3.63) is 59.9 Å². The lowest BCUT2D eigenvalue weighted by Crippen LogP contribution is -2.49. The fourth-order valence-corrected chi connectivity index (χ4v) is 2.75. The Bertz CT molecular complexity index is 591. The van der Waals surface area contributed by atoms with Gasteiger partial charge >= 0.3 is 0 Å². The Hall–Kier alpha value is -2.07. The lowest BCUT2D eigenvalue weighted by atomic mass is 10.0. The van der Waals surface area contributed by atoms with Crippen LogP contribution < -0.4 is 5.32 Å². The smallest absolute Gasteiger partial charge is 0.271 e. The largest absolute Gasteiger partial charge is 0.347 e. The minimum absolute atomic E-state index is 0.104. The molecule has 1 saturated heterocycles. The molecule has 1 aliphatic rings. The molecular weight excluding hydrogens is 250 g/mol. The number of aryl methyl sites for hydroxylation is 1. The van der Waals surface area contributed by atoms with Crippen molar-refractivity contribution in [2.75, 3.05) is 19.6 Å². The van der Waals surface area contributed by atoms with E-state index in [0.717, 1.165) is 25.3 Å². The number of amides is 1. The van der Waals surface area contributed by atoms with Crippen LogP contribution in [0.15, 0.2) is 48.7 Å². The van der Waals surface area contributed by atoms with Crippen LogP contribution in [-0.2, 0) is 7.05 Å². The van der Waals surface area contributed by atoms with Gasteiger partial charge in [0.25, 0.3) is 5.91 Å². The molecule has 0 spiro atoms. The molecule has 4 nitrogen and oxygen atoms in total. The fourth-order valence-electron chi connectivity index (χ4n) is 2.75. The summed E-state index contributed by atoms with van der Waals surface area (Å²) in [4.78, 5) is 14.7. The summed E-state index contributed by atoms with van der Waals surface area (Å²) in [6.07, 6.45) is 1.91. The van der Waals surface area contributed by atoms with E-state index in [-0.39, 0.29) is 11.9 Å². The number of carbonyl (C=O) groups excluding carboxylic acids is 1. The van der Waals surface area contributed by atoms with Crippen LogP contribution in [0.5, 0.6) is 0 Å². The maximum atomic E-state index is 12.7. The van der Waals surface area contributed by atoms with Gasteiger partial charge in [-0.2, -0.15) is 0 Å². The molecule has 4 heteroatoms. The van der Waals surface area contributed by atoms with Gasteiger partial charge in [-0.25, -0.2) is 0 Å². The summed E-state index contributed by atoms with van der Waals surface area (Å²) in [7, 11) is 1.91. The third-order valence-corrected chi connectivity index (χ3v) is 3.85. The Balaban J connectivity index is 1.90. The zero-order chi connectivity index (χ0) is 13.9. The molecule has 0 unspecified atom stereocenters. The van der Waals surface area contributed by atoms with E-state index in [4.69, 9.17) is 0 Å². The number of aromatic nitrogens is 1. The molecule has 1 aromatic heterocycles. The molecule has 104 valence electrons. The third kappa shape index (κ3) is 2.34. The molecule has 0 radical (unpaired) electrons. The zero-order valence-corrected chi connectivity index (χ0v) is 11.6. The molecule has 0 aliphatic carbocycles. The van der Waals surface area contributed by atoms with Crippen LogP contribution in [0, 0.1) is 0 Å². The molecule has 3 rings (SSSR count).